The van der Waals surface area contributed by atoms with Crippen LogP contribution in [0.5, 0.6) is 0 Å². The number of nitrogens with zero attached hydrogens (tertiary/aromatic N) is 3. The number of aryl methyl sites for hydroxylation is 1. The second kappa shape index (κ2) is 5.19. The third-order valence-electron chi connectivity index (χ3n) is 3.67. The van der Waals surface area contributed by atoms with Gasteiger partial charge in [0.25, 0.3) is 0 Å². The van der Waals surface area contributed by atoms with Gasteiger partial charge >= 0.3 is 0 Å². The predicted molar refractivity (Wildman–Crippen MR) is 67.7 cm³/mol. The molecule has 1 aromatic heterocycles. The average molecular weight is 237 g/mol. The van der Waals surface area contributed by atoms with Crippen LogP contribution in [0.4, 0.5) is 0 Å². The van der Waals surface area contributed by atoms with Crippen LogP contribution in [0.3, 0.4) is 0 Å². The van der Waals surface area contributed by atoms with Crippen molar-refractivity contribution in [2.45, 2.75) is 51.3 Å². The molecule has 0 atom stereocenters. The van der Waals surface area contributed by atoms with Crippen LogP contribution >= 0.6 is 0 Å². The molecular weight excluding hydrogens is 214 g/mol. The molecule has 0 unspecified atom stereocenters. The molecule has 0 aliphatic heterocycles. The highest BCUT2D eigenvalue weighted by molar-refractivity contribution is 4.98. The first-order valence-corrected chi connectivity index (χ1v) is 6.53. The molecule has 1 N–H and O–H groups in total. The van der Waals surface area contributed by atoms with Gasteiger partial charge in [0.05, 0.1) is 17.6 Å². The summed E-state index contributed by atoms with van der Waals surface area (Å²) in [6, 6.07) is 0. The maximum Gasteiger partial charge on any atom is 0.0948 e. The number of aromatic nitrogens is 2. The molecule has 0 radical (unpaired) electrons. The van der Waals surface area contributed by atoms with Gasteiger partial charge in [0.2, 0.25) is 0 Å². The summed E-state index contributed by atoms with van der Waals surface area (Å²) < 4.78 is 2.15. The van der Waals surface area contributed by atoms with Crippen LogP contribution in [0, 0.1) is 0 Å². The molecule has 0 amide bonds. The van der Waals surface area contributed by atoms with Gasteiger partial charge in [0.1, 0.15) is 0 Å². The Hall–Kier alpha value is -0.870. The minimum atomic E-state index is -0.453. The molecule has 0 spiro atoms. The average Bonchev–Trinajstić information content (AvgIpc) is 2.87. The first kappa shape index (κ1) is 12.6. The molecule has 96 valence electrons. The van der Waals surface area contributed by atoms with Gasteiger partial charge in [0, 0.05) is 25.8 Å². The van der Waals surface area contributed by atoms with Crippen molar-refractivity contribution in [3.05, 3.63) is 18.2 Å². The van der Waals surface area contributed by atoms with E-state index in [0.29, 0.717) is 0 Å². The zero-order chi connectivity index (χ0) is 12.3. The Kier molecular flexibility index (Phi) is 3.84. The molecule has 4 nitrogen and oxygen atoms in total. The highest BCUT2D eigenvalue weighted by atomic mass is 16.3. The summed E-state index contributed by atoms with van der Waals surface area (Å²) in [6.45, 7) is 4.70. The van der Waals surface area contributed by atoms with Crippen molar-refractivity contribution < 1.29 is 5.11 Å². The van der Waals surface area contributed by atoms with Gasteiger partial charge in [-0.2, -0.15) is 0 Å². The Morgan fingerprint density at radius 3 is 2.82 bits per heavy atom. The second-order valence-electron chi connectivity index (χ2n) is 5.27. The topological polar surface area (TPSA) is 41.3 Å². The summed E-state index contributed by atoms with van der Waals surface area (Å²) in [5, 5.41) is 10.4. The third-order valence-corrected chi connectivity index (χ3v) is 3.67. The number of hydrogen-bond acceptors (Lipinski definition) is 3. The molecule has 1 aliphatic carbocycles. The maximum atomic E-state index is 10.4. The van der Waals surface area contributed by atoms with Crippen LogP contribution in [-0.4, -0.2) is 38.8 Å². The molecule has 1 aromatic rings. The standard InChI is InChI=1S/C13H23N3O/c1-3-16-11-14-8-12(16)9-15(2)10-13(17)6-4-5-7-13/h8,11,17H,3-7,9-10H2,1-2H3. The van der Waals surface area contributed by atoms with E-state index in [4.69, 9.17) is 0 Å². The lowest BCUT2D eigenvalue weighted by molar-refractivity contribution is 0.0140. The van der Waals surface area contributed by atoms with E-state index in [1.807, 2.05) is 12.5 Å². The van der Waals surface area contributed by atoms with Gasteiger partial charge < -0.3 is 9.67 Å². The van der Waals surface area contributed by atoms with Crippen molar-refractivity contribution in [3.8, 4) is 0 Å². The van der Waals surface area contributed by atoms with E-state index >= 15 is 0 Å². The molecule has 1 saturated carbocycles. The van der Waals surface area contributed by atoms with E-state index < -0.39 is 5.60 Å². The Morgan fingerprint density at radius 1 is 1.47 bits per heavy atom. The van der Waals surface area contributed by atoms with Gasteiger partial charge in [-0.15, -0.1) is 0 Å². The molecule has 1 fully saturated rings. The fraction of sp³-hybridized carbons (Fsp3) is 0.769. The summed E-state index contributed by atoms with van der Waals surface area (Å²) in [4.78, 5) is 6.37. The second-order valence-corrected chi connectivity index (χ2v) is 5.27. The first-order chi connectivity index (χ1) is 8.13. The number of aliphatic hydroxyl groups is 1. The van der Waals surface area contributed by atoms with Gasteiger partial charge in [-0.1, -0.05) is 12.8 Å². The predicted octanol–water partition coefficient (Wildman–Crippen LogP) is 1.64. The lowest BCUT2D eigenvalue weighted by Gasteiger charge is -2.28. The third kappa shape index (κ3) is 3.07. The maximum absolute atomic E-state index is 10.4. The number of hydrogen-bond donors (Lipinski definition) is 1. The first-order valence-electron chi connectivity index (χ1n) is 6.53. The van der Waals surface area contributed by atoms with Crippen LogP contribution in [0.2, 0.25) is 0 Å². The molecule has 17 heavy (non-hydrogen) atoms. The fourth-order valence-electron chi connectivity index (χ4n) is 2.79. The van der Waals surface area contributed by atoms with E-state index in [2.05, 4.69) is 28.4 Å². The van der Waals surface area contributed by atoms with Crippen LogP contribution in [0.1, 0.15) is 38.3 Å². The molecule has 2 rings (SSSR count). The molecule has 0 saturated heterocycles. The lowest BCUT2D eigenvalue weighted by atomic mass is 10.0. The van der Waals surface area contributed by atoms with E-state index in [-0.39, 0.29) is 0 Å². The lowest BCUT2D eigenvalue weighted by Crippen LogP contribution is -2.39. The smallest absolute Gasteiger partial charge is 0.0948 e. The summed E-state index contributed by atoms with van der Waals surface area (Å²) >= 11 is 0. The number of rotatable bonds is 5. The largest absolute Gasteiger partial charge is 0.389 e. The highest BCUT2D eigenvalue weighted by Gasteiger charge is 2.32. The van der Waals surface area contributed by atoms with Crippen molar-refractivity contribution in [3.63, 3.8) is 0 Å². The summed E-state index contributed by atoms with van der Waals surface area (Å²) in [6.07, 6.45) is 8.01. The van der Waals surface area contributed by atoms with Gasteiger partial charge in [-0.25, -0.2) is 4.98 Å². The van der Waals surface area contributed by atoms with Gasteiger partial charge in [-0.05, 0) is 26.8 Å². The minimum Gasteiger partial charge on any atom is -0.389 e. The van der Waals surface area contributed by atoms with Crippen molar-refractivity contribution >= 4 is 0 Å². The van der Waals surface area contributed by atoms with Crippen LogP contribution in [-0.2, 0) is 13.1 Å². The van der Waals surface area contributed by atoms with Gasteiger partial charge in [-0.3, -0.25) is 4.90 Å². The monoisotopic (exact) mass is 237 g/mol. The van der Waals surface area contributed by atoms with Gasteiger partial charge in [0.15, 0.2) is 0 Å². The van der Waals surface area contributed by atoms with Crippen molar-refractivity contribution in [1.29, 1.82) is 0 Å². The summed E-state index contributed by atoms with van der Waals surface area (Å²) in [5.74, 6) is 0. The molecule has 0 bridgehead atoms. The molecule has 4 heteroatoms. The molecule has 1 heterocycles. The van der Waals surface area contributed by atoms with E-state index in [1.165, 1.54) is 5.69 Å². The number of imidazole rings is 1. The minimum absolute atomic E-state index is 0.453. The SMILES string of the molecule is CCn1cncc1CN(C)CC1(O)CCCC1. The Morgan fingerprint density at radius 2 is 2.18 bits per heavy atom. The normalized spacial score (nSPS) is 19.1. The zero-order valence-electron chi connectivity index (χ0n) is 10.9. The summed E-state index contributed by atoms with van der Waals surface area (Å²) in [7, 11) is 2.07. The fourth-order valence-corrected chi connectivity index (χ4v) is 2.79. The Bertz CT molecular complexity index is 355. The molecule has 1 aliphatic rings. The quantitative estimate of drug-likeness (QED) is 0.846. The van der Waals surface area contributed by atoms with Crippen LogP contribution < -0.4 is 0 Å². The highest BCUT2D eigenvalue weighted by Crippen LogP contribution is 2.30. The van der Waals surface area contributed by atoms with E-state index in [9.17, 15) is 5.11 Å². The van der Waals surface area contributed by atoms with E-state index in [1.54, 1.807) is 0 Å². The Balaban J connectivity index is 1.90. The van der Waals surface area contributed by atoms with Crippen molar-refractivity contribution in [1.82, 2.24) is 14.5 Å². The zero-order valence-corrected chi connectivity index (χ0v) is 10.9. The van der Waals surface area contributed by atoms with E-state index in [0.717, 1.165) is 45.3 Å². The number of likely N-dealkylation sites (N-methyl/N-ethyl adjacent to an activating group) is 1. The van der Waals surface area contributed by atoms with Crippen LogP contribution in [0.15, 0.2) is 12.5 Å². The Labute approximate surface area is 103 Å². The van der Waals surface area contributed by atoms with Crippen molar-refractivity contribution in [2.24, 2.45) is 0 Å². The molecule has 0 aromatic carbocycles. The van der Waals surface area contributed by atoms with Crippen molar-refractivity contribution in [2.75, 3.05) is 13.6 Å². The van der Waals surface area contributed by atoms with Crippen LogP contribution in [0.25, 0.3) is 0 Å². The molecular formula is C13H23N3O. The summed E-state index contributed by atoms with van der Waals surface area (Å²) in [5.41, 5.74) is 0.767.